The SMILES string of the molecule is C(=Cc1ccccc1/C=C(\c1ccccc1)c1cccc2ccccc12)c1cc2ccccc2cc1C=Cc1ccccc1/C=C(\c1ccccc1)c1cccc2ccccc12. The van der Waals surface area contributed by atoms with E-state index in [4.69, 9.17) is 0 Å². The van der Waals surface area contributed by atoms with E-state index in [2.05, 4.69) is 267 Å². The van der Waals surface area contributed by atoms with Crippen LogP contribution in [-0.2, 0) is 0 Å². The second-order valence-corrected chi connectivity index (χ2v) is 15.7. The van der Waals surface area contributed by atoms with Gasteiger partial charge in [0.2, 0.25) is 0 Å². The lowest BCUT2D eigenvalue weighted by Gasteiger charge is -2.13. The molecule has 0 fully saturated rings. The highest BCUT2D eigenvalue weighted by Gasteiger charge is 2.12. The van der Waals surface area contributed by atoms with E-state index >= 15 is 0 Å². The fourth-order valence-corrected chi connectivity index (χ4v) is 8.61. The largest absolute Gasteiger partial charge is 0.0622 e. The molecule has 0 heterocycles. The zero-order valence-corrected chi connectivity index (χ0v) is 34.4. The minimum atomic E-state index is 1.15. The first-order valence-electron chi connectivity index (χ1n) is 21.3. The monoisotopic (exact) mass is 788 g/mol. The molecule has 0 nitrogen and oxygen atoms in total. The summed E-state index contributed by atoms with van der Waals surface area (Å²) in [6.07, 6.45) is 13.8. The van der Waals surface area contributed by atoms with Crippen molar-refractivity contribution in [3.63, 3.8) is 0 Å². The fourth-order valence-electron chi connectivity index (χ4n) is 8.61. The smallest absolute Gasteiger partial charge is 0.00990 e. The van der Waals surface area contributed by atoms with Gasteiger partial charge in [0.05, 0.1) is 0 Å². The van der Waals surface area contributed by atoms with Crippen LogP contribution in [0.15, 0.2) is 231 Å². The van der Waals surface area contributed by atoms with Gasteiger partial charge in [-0.3, -0.25) is 0 Å². The molecule has 0 heteroatoms. The topological polar surface area (TPSA) is 0 Å². The summed E-state index contributed by atoms with van der Waals surface area (Å²) in [5.41, 5.74) is 14.2. The average Bonchev–Trinajstić information content (AvgIpc) is 3.34. The molecule has 0 saturated heterocycles. The van der Waals surface area contributed by atoms with Crippen molar-refractivity contribution in [1.29, 1.82) is 0 Å². The molecule has 292 valence electrons. The van der Waals surface area contributed by atoms with Crippen LogP contribution in [-0.4, -0.2) is 0 Å². The maximum absolute atomic E-state index is 2.35. The van der Waals surface area contributed by atoms with Crippen molar-refractivity contribution in [3.8, 4) is 0 Å². The van der Waals surface area contributed by atoms with Crippen LogP contribution >= 0.6 is 0 Å². The summed E-state index contributed by atoms with van der Waals surface area (Å²) >= 11 is 0. The van der Waals surface area contributed by atoms with Crippen LogP contribution in [0.4, 0.5) is 0 Å². The van der Waals surface area contributed by atoms with Crippen LogP contribution in [0.1, 0.15) is 55.6 Å². The van der Waals surface area contributed by atoms with E-state index in [9.17, 15) is 0 Å². The van der Waals surface area contributed by atoms with Gasteiger partial charge in [0, 0.05) is 0 Å². The Bertz CT molecular complexity index is 3090. The molecule has 10 aromatic carbocycles. The minimum absolute atomic E-state index is 1.15. The van der Waals surface area contributed by atoms with Gasteiger partial charge in [0.25, 0.3) is 0 Å². The number of rotatable bonds is 10. The molecular weight excluding hydrogens is 745 g/mol. The standard InChI is InChI=1S/C62H44/c1-3-21-49(22-4-1)61(59-35-17-31-47-25-13-15-33-57(47)59)43-53-29-9-7-19-45(53)37-39-55-41-51-27-11-12-28-52(51)42-56(55)40-38-46-20-8-10-30-54(46)44-62(50-23-5-2-6-24-50)60-36-18-32-48-26-14-16-34-58(48)60/h1-44H/b39-37?,40-38?,61-43+,62-44+. The van der Waals surface area contributed by atoms with Gasteiger partial charge in [-0.15, -0.1) is 0 Å². The Labute approximate surface area is 364 Å². The number of hydrogen-bond acceptors (Lipinski definition) is 0. The van der Waals surface area contributed by atoms with E-state index in [0.717, 1.165) is 33.4 Å². The lowest BCUT2D eigenvalue weighted by molar-refractivity contribution is 1.56. The van der Waals surface area contributed by atoms with Crippen molar-refractivity contribution in [2.45, 2.75) is 0 Å². The van der Waals surface area contributed by atoms with Crippen molar-refractivity contribution in [3.05, 3.63) is 286 Å². The van der Waals surface area contributed by atoms with Gasteiger partial charge < -0.3 is 0 Å². The molecular formula is C62H44. The van der Waals surface area contributed by atoms with Crippen molar-refractivity contribution in [2.24, 2.45) is 0 Å². The van der Waals surface area contributed by atoms with E-state index in [-0.39, 0.29) is 0 Å². The predicted octanol–water partition coefficient (Wildman–Crippen LogP) is 16.7. The third-order valence-electron chi connectivity index (χ3n) is 11.8. The van der Waals surface area contributed by atoms with Crippen molar-refractivity contribution >= 4 is 79.9 Å². The zero-order valence-electron chi connectivity index (χ0n) is 34.4. The number of benzene rings is 10. The second kappa shape index (κ2) is 17.7. The van der Waals surface area contributed by atoms with E-state index in [1.165, 1.54) is 65.7 Å². The van der Waals surface area contributed by atoms with Crippen molar-refractivity contribution < 1.29 is 0 Å². The van der Waals surface area contributed by atoms with Crippen molar-refractivity contribution in [2.75, 3.05) is 0 Å². The normalized spacial score (nSPS) is 12.3. The maximum atomic E-state index is 2.35. The van der Waals surface area contributed by atoms with Crippen LogP contribution in [0.2, 0.25) is 0 Å². The molecule has 10 aromatic rings. The molecule has 0 bridgehead atoms. The predicted molar refractivity (Wildman–Crippen MR) is 269 cm³/mol. The molecule has 0 aromatic heterocycles. The fraction of sp³-hybridized carbons (Fsp3) is 0. The maximum Gasteiger partial charge on any atom is -0.00990 e. The van der Waals surface area contributed by atoms with Gasteiger partial charge in [-0.2, -0.15) is 0 Å². The highest BCUT2D eigenvalue weighted by Crippen LogP contribution is 2.35. The Balaban J connectivity index is 1.06. The Morgan fingerprint density at radius 2 is 0.565 bits per heavy atom. The summed E-state index contributed by atoms with van der Waals surface area (Å²) < 4.78 is 0. The Morgan fingerprint density at radius 3 is 1.00 bits per heavy atom. The lowest BCUT2D eigenvalue weighted by atomic mass is 9.90. The second-order valence-electron chi connectivity index (χ2n) is 15.7. The number of fused-ring (bicyclic) bond motifs is 3. The summed E-state index contributed by atoms with van der Waals surface area (Å²) in [6.45, 7) is 0. The highest BCUT2D eigenvalue weighted by atomic mass is 14.2. The molecule has 0 radical (unpaired) electrons. The van der Waals surface area contributed by atoms with E-state index in [0.29, 0.717) is 0 Å². The van der Waals surface area contributed by atoms with Crippen LogP contribution < -0.4 is 0 Å². The first-order chi connectivity index (χ1) is 30.7. The quantitative estimate of drug-likeness (QED) is 0.121. The Hall–Kier alpha value is -8.06. The van der Waals surface area contributed by atoms with Crippen LogP contribution in [0.3, 0.4) is 0 Å². The molecule has 0 aliphatic carbocycles. The van der Waals surface area contributed by atoms with Gasteiger partial charge in [-0.1, -0.05) is 243 Å². The van der Waals surface area contributed by atoms with Gasteiger partial charge >= 0.3 is 0 Å². The molecule has 0 N–H and O–H groups in total. The average molecular weight is 789 g/mol. The molecule has 0 aliphatic heterocycles. The Morgan fingerprint density at radius 1 is 0.242 bits per heavy atom. The summed E-state index contributed by atoms with van der Waals surface area (Å²) in [7, 11) is 0. The van der Waals surface area contributed by atoms with Crippen molar-refractivity contribution in [1.82, 2.24) is 0 Å². The van der Waals surface area contributed by atoms with Gasteiger partial charge in [-0.05, 0) is 123 Å². The molecule has 0 aliphatic rings. The first-order valence-corrected chi connectivity index (χ1v) is 21.3. The first kappa shape index (κ1) is 38.2. The zero-order chi connectivity index (χ0) is 41.5. The summed E-state index contributed by atoms with van der Waals surface area (Å²) in [4.78, 5) is 0. The molecule has 0 saturated carbocycles. The molecule has 0 unspecified atom stereocenters. The molecule has 0 spiro atoms. The molecule has 62 heavy (non-hydrogen) atoms. The van der Waals surface area contributed by atoms with Crippen LogP contribution in [0.25, 0.3) is 79.9 Å². The third-order valence-corrected chi connectivity index (χ3v) is 11.8. The summed E-state index contributed by atoms with van der Waals surface area (Å²) in [5.74, 6) is 0. The molecule has 0 amide bonds. The van der Waals surface area contributed by atoms with Crippen LogP contribution in [0, 0.1) is 0 Å². The molecule has 0 atom stereocenters. The van der Waals surface area contributed by atoms with E-state index < -0.39 is 0 Å². The third kappa shape index (κ3) is 8.11. The van der Waals surface area contributed by atoms with Crippen LogP contribution in [0.5, 0.6) is 0 Å². The van der Waals surface area contributed by atoms with Gasteiger partial charge in [0.15, 0.2) is 0 Å². The molecule has 10 rings (SSSR count). The Kier molecular flexibility index (Phi) is 10.9. The minimum Gasteiger partial charge on any atom is -0.0622 e. The lowest BCUT2D eigenvalue weighted by Crippen LogP contribution is -1.91. The number of hydrogen-bond donors (Lipinski definition) is 0. The highest BCUT2D eigenvalue weighted by molar-refractivity contribution is 6.05. The van der Waals surface area contributed by atoms with E-state index in [1.54, 1.807) is 0 Å². The van der Waals surface area contributed by atoms with E-state index in [1.807, 2.05) is 0 Å². The van der Waals surface area contributed by atoms with Gasteiger partial charge in [-0.25, -0.2) is 0 Å². The summed E-state index contributed by atoms with van der Waals surface area (Å²) in [6, 6.07) is 82.7. The van der Waals surface area contributed by atoms with Gasteiger partial charge in [0.1, 0.15) is 0 Å². The summed E-state index contributed by atoms with van der Waals surface area (Å²) in [5, 5.41) is 7.38.